The van der Waals surface area contributed by atoms with Gasteiger partial charge in [-0.05, 0) is 48.4 Å². The molecule has 3 aromatic rings. The molecule has 0 spiro atoms. The highest BCUT2D eigenvalue weighted by Gasteiger charge is 2.37. The van der Waals surface area contributed by atoms with Crippen LogP contribution in [0.1, 0.15) is 18.1 Å². The molecule has 0 N–H and O–H groups in total. The van der Waals surface area contributed by atoms with Gasteiger partial charge in [-0.2, -0.15) is 0 Å². The first-order valence-electron chi connectivity index (χ1n) is 9.70. The molecule has 2 atom stereocenters. The summed E-state index contributed by atoms with van der Waals surface area (Å²) < 4.78 is 26.5. The van der Waals surface area contributed by atoms with Crippen molar-refractivity contribution in [3.05, 3.63) is 94.2 Å². The van der Waals surface area contributed by atoms with Gasteiger partial charge >= 0.3 is 0 Å². The van der Waals surface area contributed by atoms with Gasteiger partial charge in [0.2, 0.25) is 0 Å². The van der Waals surface area contributed by atoms with E-state index in [9.17, 15) is 4.39 Å². The first-order valence-corrected chi connectivity index (χ1v) is 10.5. The molecule has 4 rings (SSSR count). The van der Waals surface area contributed by atoms with Gasteiger partial charge < -0.3 is 9.47 Å². The van der Waals surface area contributed by atoms with Crippen molar-refractivity contribution >= 4 is 15.9 Å². The zero-order valence-electron chi connectivity index (χ0n) is 16.2. The molecule has 1 heterocycles. The van der Waals surface area contributed by atoms with Gasteiger partial charge in [-0.25, -0.2) is 4.39 Å². The average molecular weight is 456 g/mol. The van der Waals surface area contributed by atoms with Crippen molar-refractivity contribution in [2.75, 3.05) is 6.54 Å². The molecule has 1 aliphatic rings. The molecule has 3 nitrogen and oxygen atoms in total. The van der Waals surface area contributed by atoms with Gasteiger partial charge in [0.25, 0.3) is 0 Å². The van der Waals surface area contributed by atoms with E-state index in [-0.39, 0.29) is 18.5 Å². The molecular formula is C24H23BrFNO2. The van der Waals surface area contributed by atoms with Crippen LogP contribution in [-0.4, -0.2) is 23.6 Å². The Balaban J connectivity index is 1.39. The van der Waals surface area contributed by atoms with E-state index in [4.69, 9.17) is 9.47 Å². The maximum absolute atomic E-state index is 13.4. The molecule has 29 heavy (non-hydrogen) atoms. The lowest BCUT2D eigenvalue weighted by atomic mass is 9.99. The largest absolute Gasteiger partial charge is 0.485 e. The summed E-state index contributed by atoms with van der Waals surface area (Å²) >= 11 is 3.51. The van der Waals surface area contributed by atoms with Gasteiger partial charge in [0.15, 0.2) is 11.5 Å². The number of rotatable bonds is 7. The van der Waals surface area contributed by atoms with E-state index in [0.717, 1.165) is 23.1 Å². The molecule has 0 aromatic heterocycles. The van der Waals surface area contributed by atoms with Crippen LogP contribution in [0.25, 0.3) is 0 Å². The minimum Gasteiger partial charge on any atom is -0.485 e. The van der Waals surface area contributed by atoms with E-state index in [1.54, 1.807) is 6.07 Å². The van der Waals surface area contributed by atoms with E-state index in [1.807, 2.05) is 30.3 Å². The third-order valence-electron chi connectivity index (χ3n) is 5.22. The summed E-state index contributed by atoms with van der Waals surface area (Å²) in [4.78, 5) is 2.39. The molecular weight excluding hydrogens is 433 g/mol. The lowest BCUT2D eigenvalue weighted by Gasteiger charge is -2.46. The lowest BCUT2D eigenvalue weighted by Crippen LogP contribution is -2.60. The quantitative estimate of drug-likeness (QED) is 0.447. The van der Waals surface area contributed by atoms with Gasteiger partial charge in [0.05, 0.1) is 0 Å². The highest BCUT2D eigenvalue weighted by Crippen LogP contribution is 2.35. The van der Waals surface area contributed by atoms with Crippen LogP contribution in [0.2, 0.25) is 0 Å². The van der Waals surface area contributed by atoms with Crippen LogP contribution in [0.15, 0.2) is 77.3 Å². The minimum absolute atomic E-state index is 0.101. The molecule has 0 aliphatic carbocycles. The first-order chi connectivity index (χ1) is 14.1. The molecule has 1 aliphatic heterocycles. The number of benzene rings is 3. The SMILES string of the molecule is C[C@@H]1[C@@H](Oc2cc(Br)ccc2OCc2cccc(F)c2)CN1Cc1ccccc1. The summed E-state index contributed by atoms with van der Waals surface area (Å²) in [5.74, 6) is 1.10. The minimum atomic E-state index is -0.264. The summed E-state index contributed by atoms with van der Waals surface area (Å²) in [6.45, 7) is 4.26. The monoisotopic (exact) mass is 455 g/mol. The molecule has 0 unspecified atom stereocenters. The van der Waals surface area contributed by atoms with Gasteiger partial charge in [0, 0.05) is 23.6 Å². The van der Waals surface area contributed by atoms with Crippen LogP contribution >= 0.6 is 15.9 Å². The Kier molecular flexibility index (Phi) is 6.16. The smallest absolute Gasteiger partial charge is 0.162 e. The van der Waals surface area contributed by atoms with E-state index in [2.05, 4.69) is 52.0 Å². The fourth-order valence-electron chi connectivity index (χ4n) is 3.45. The van der Waals surface area contributed by atoms with E-state index in [0.29, 0.717) is 17.5 Å². The summed E-state index contributed by atoms with van der Waals surface area (Å²) in [5.41, 5.74) is 2.09. The van der Waals surface area contributed by atoms with Crippen molar-refractivity contribution < 1.29 is 13.9 Å². The predicted octanol–water partition coefficient (Wildman–Crippen LogP) is 5.82. The number of nitrogens with zero attached hydrogens (tertiary/aromatic N) is 1. The normalized spacial score (nSPS) is 18.9. The Morgan fingerprint density at radius 1 is 0.966 bits per heavy atom. The number of likely N-dealkylation sites (tertiary alicyclic amines) is 1. The molecule has 150 valence electrons. The van der Waals surface area contributed by atoms with Gasteiger partial charge in [-0.1, -0.05) is 58.4 Å². The molecule has 0 radical (unpaired) electrons. The summed E-state index contributed by atoms with van der Waals surface area (Å²) in [6, 6.07) is 22.9. The Hall–Kier alpha value is -2.37. The zero-order valence-corrected chi connectivity index (χ0v) is 17.8. The number of ether oxygens (including phenoxy) is 2. The third-order valence-corrected chi connectivity index (χ3v) is 5.72. The van der Waals surface area contributed by atoms with Crippen molar-refractivity contribution in [3.8, 4) is 11.5 Å². The third kappa shape index (κ3) is 4.98. The number of halogens is 2. The molecule has 0 amide bonds. The van der Waals surface area contributed by atoms with Crippen LogP contribution in [0.4, 0.5) is 4.39 Å². The van der Waals surface area contributed by atoms with E-state index < -0.39 is 0 Å². The van der Waals surface area contributed by atoms with Crippen molar-refractivity contribution in [3.63, 3.8) is 0 Å². The molecule has 1 fully saturated rings. The molecule has 5 heteroatoms. The molecule has 1 saturated heterocycles. The van der Waals surface area contributed by atoms with Crippen molar-refractivity contribution in [2.24, 2.45) is 0 Å². The van der Waals surface area contributed by atoms with Crippen LogP contribution in [0.5, 0.6) is 11.5 Å². The lowest BCUT2D eigenvalue weighted by molar-refractivity contribution is -0.0425. The number of hydrogen-bond acceptors (Lipinski definition) is 3. The second kappa shape index (κ2) is 8.97. The van der Waals surface area contributed by atoms with Crippen LogP contribution in [-0.2, 0) is 13.2 Å². The summed E-state index contributed by atoms with van der Waals surface area (Å²) in [5, 5.41) is 0. The van der Waals surface area contributed by atoms with Gasteiger partial charge in [0.1, 0.15) is 18.5 Å². The summed E-state index contributed by atoms with van der Waals surface area (Å²) in [7, 11) is 0. The first kappa shape index (κ1) is 19.9. The standard InChI is InChI=1S/C24H23BrFNO2/c1-17-24(15-27(17)14-18-6-3-2-4-7-18)29-23-13-20(25)10-11-22(23)28-16-19-8-5-9-21(26)12-19/h2-13,17,24H,14-16H2,1H3/t17-,24+/m1/s1. The Morgan fingerprint density at radius 3 is 2.52 bits per heavy atom. The van der Waals surface area contributed by atoms with Crippen LogP contribution < -0.4 is 9.47 Å². The van der Waals surface area contributed by atoms with Crippen molar-refractivity contribution in [1.82, 2.24) is 4.90 Å². The number of hydrogen-bond donors (Lipinski definition) is 0. The fraction of sp³-hybridized carbons (Fsp3) is 0.250. The van der Waals surface area contributed by atoms with Crippen LogP contribution in [0.3, 0.4) is 0 Å². The van der Waals surface area contributed by atoms with Crippen molar-refractivity contribution in [1.29, 1.82) is 0 Å². The fourth-order valence-corrected chi connectivity index (χ4v) is 3.79. The topological polar surface area (TPSA) is 21.7 Å². The van der Waals surface area contributed by atoms with Gasteiger partial charge in [-0.3, -0.25) is 4.90 Å². The summed E-state index contributed by atoms with van der Waals surface area (Å²) in [6.07, 6.45) is 0.101. The Morgan fingerprint density at radius 2 is 1.76 bits per heavy atom. The molecule has 0 saturated carbocycles. The predicted molar refractivity (Wildman–Crippen MR) is 116 cm³/mol. The molecule has 0 bridgehead atoms. The highest BCUT2D eigenvalue weighted by molar-refractivity contribution is 9.10. The van der Waals surface area contributed by atoms with E-state index in [1.165, 1.54) is 17.7 Å². The Labute approximate surface area is 179 Å². The van der Waals surface area contributed by atoms with E-state index >= 15 is 0 Å². The average Bonchev–Trinajstić information content (AvgIpc) is 2.73. The van der Waals surface area contributed by atoms with Gasteiger partial charge in [-0.15, -0.1) is 0 Å². The second-order valence-corrected chi connectivity index (χ2v) is 8.24. The second-order valence-electron chi connectivity index (χ2n) is 7.32. The maximum atomic E-state index is 13.4. The Bertz CT molecular complexity index is 966. The molecule has 3 aromatic carbocycles. The highest BCUT2D eigenvalue weighted by atomic mass is 79.9. The maximum Gasteiger partial charge on any atom is 0.162 e. The van der Waals surface area contributed by atoms with Crippen molar-refractivity contribution in [2.45, 2.75) is 32.2 Å². The van der Waals surface area contributed by atoms with Crippen LogP contribution in [0, 0.1) is 5.82 Å². The zero-order chi connectivity index (χ0) is 20.2.